The van der Waals surface area contributed by atoms with E-state index in [4.69, 9.17) is 9.29 Å². The summed E-state index contributed by atoms with van der Waals surface area (Å²) in [7, 11) is 1.24. The van der Waals surface area contributed by atoms with Gasteiger partial charge in [0.15, 0.2) is 0 Å². The van der Waals surface area contributed by atoms with Gasteiger partial charge in [-0.05, 0) is 24.1 Å². The highest BCUT2D eigenvalue weighted by Gasteiger charge is 2.00. The summed E-state index contributed by atoms with van der Waals surface area (Å²) >= 11 is 2.03. The van der Waals surface area contributed by atoms with Crippen molar-refractivity contribution in [1.29, 1.82) is 0 Å². The molecular weight excluding hydrogens is 363 g/mol. The van der Waals surface area contributed by atoms with Crippen LogP contribution < -0.4 is 4.18 Å². The number of benzene rings is 1. The second-order valence-corrected chi connectivity index (χ2v) is 5.06. The minimum Gasteiger partial charge on any atom is -0.481 e. The Morgan fingerprint density at radius 3 is 2.56 bits per heavy atom. The smallest absolute Gasteiger partial charge is 0.303 e. The molecule has 1 aromatic carbocycles. The molecule has 1 N–H and O–H groups in total. The molecule has 0 saturated heterocycles. The SMILES string of the molecule is CCCC.O=C(O)CCc1cccc(OSI)c1. The number of rotatable bonds is 6. The third-order valence-corrected chi connectivity index (χ3v) is 2.95. The van der Waals surface area contributed by atoms with Crippen LogP contribution >= 0.6 is 30.4 Å². The molecule has 0 amide bonds. The first-order valence-corrected chi connectivity index (χ1v) is 9.18. The van der Waals surface area contributed by atoms with Crippen molar-refractivity contribution < 1.29 is 14.1 Å². The van der Waals surface area contributed by atoms with Gasteiger partial charge >= 0.3 is 5.97 Å². The summed E-state index contributed by atoms with van der Waals surface area (Å²) in [5.74, 6) is -0.0214. The molecule has 0 unspecified atom stereocenters. The maximum Gasteiger partial charge on any atom is 0.303 e. The molecule has 102 valence electrons. The monoisotopic (exact) mass is 382 g/mol. The van der Waals surface area contributed by atoms with E-state index in [0.717, 1.165) is 11.3 Å². The van der Waals surface area contributed by atoms with Crippen LogP contribution in [0.3, 0.4) is 0 Å². The highest BCUT2D eigenvalue weighted by molar-refractivity contribution is 14.2. The zero-order valence-corrected chi connectivity index (χ0v) is 13.7. The van der Waals surface area contributed by atoms with Gasteiger partial charge in [-0.1, -0.05) is 38.8 Å². The second kappa shape index (κ2) is 11.6. The summed E-state index contributed by atoms with van der Waals surface area (Å²) < 4.78 is 5.21. The van der Waals surface area contributed by atoms with Crippen LogP contribution in [0.1, 0.15) is 38.7 Å². The minimum absolute atomic E-state index is 0.154. The Morgan fingerprint density at radius 1 is 1.39 bits per heavy atom. The van der Waals surface area contributed by atoms with E-state index in [0.29, 0.717) is 6.42 Å². The summed E-state index contributed by atoms with van der Waals surface area (Å²) in [5, 5.41) is 8.51. The lowest BCUT2D eigenvalue weighted by molar-refractivity contribution is -0.136. The first-order valence-electron chi connectivity index (χ1n) is 5.90. The number of carbonyl (C=O) groups is 1. The van der Waals surface area contributed by atoms with E-state index in [1.807, 2.05) is 45.5 Å². The number of carboxylic acids is 1. The number of hydrogen-bond donors (Lipinski definition) is 1. The Balaban J connectivity index is 0.000000631. The van der Waals surface area contributed by atoms with Gasteiger partial charge in [-0.3, -0.25) is 4.79 Å². The van der Waals surface area contributed by atoms with Gasteiger partial charge in [-0.2, -0.15) is 0 Å². The van der Waals surface area contributed by atoms with E-state index < -0.39 is 5.97 Å². The minimum atomic E-state index is -0.778. The van der Waals surface area contributed by atoms with Crippen molar-refractivity contribution >= 4 is 36.4 Å². The highest BCUT2D eigenvalue weighted by atomic mass is 127. The maximum atomic E-state index is 10.3. The van der Waals surface area contributed by atoms with Crippen molar-refractivity contribution in [3.63, 3.8) is 0 Å². The molecular formula is C13H19IO3S. The Morgan fingerprint density at radius 2 is 2.06 bits per heavy atom. The second-order valence-electron chi connectivity index (χ2n) is 3.69. The van der Waals surface area contributed by atoms with E-state index in [1.54, 1.807) is 0 Å². The fourth-order valence-electron chi connectivity index (χ4n) is 1.04. The average molecular weight is 382 g/mol. The molecule has 1 aromatic rings. The Bertz CT molecular complexity index is 343. The number of aliphatic carboxylic acids is 1. The van der Waals surface area contributed by atoms with Gasteiger partial charge < -0.3 is 9.29 Å². The van der Waals surface area contributed by atoms with Crippen LogP contribution in [0, 0.1) is 0 Å². The molecule has 0 atom stereocenters. The predicted molar refractivity (Wildman–Crippen MR) is 85.2 cm³/mol. The molecule has 5 heteroatoms. The standard InChI is InChI=1S/C9H9IO3S.C4H10/c10-14-13-8-3-1-2-7(6-8)4-5-9(11)12;1-3-4-2/h1-3,6H,4-5H2,(H,11,12);3-4H2,1-2H3. The van der Waals surface area contributed by atoms with Gasteiger partial charge in [-0.25, -0.2) is 0 Å². The molecule has 0 saturated carbocycles. The van der Waals surface area contributed by atoms with E-state index >= 15 is 0 Å². The third-order valence-electron chi connectivity index (χ3n) is 2.15. The molecule has 18 heavy (non-hydrogen) atoms. The van der Waals surface area contributed by atoms with Crippen molar-refractivity contribution in [3.8, 4) is 5.75 Å². The van der Waals surface area contributed by atoms with Crippen molar-refractivity contribution in [2.24, 2.45) is 0 Å². The lowest BCUT2D eigenvalue weighted by atomic mass is 10.1. The first-order chi connectivity index (χ1) is 8.63. The highest BCUT2D eigenvalue weighted by Crippen LogP contribution is 2.22. The molecule has 0 aliphatic heterocycles. The molecule has 0 heterocycles. The number of hydrogen-bond acceptors (Lipinski definition) is 3. The van der Waals surface area contributed by atoms with Crippen LogP contribution in [0.2, 0.25) is 0 Å². The quantitative estimate of drug-likeness (QED) is 0.562. The van der Waals surface area contributed by atoms with Gasteiger partial charge in [0.05, 0.1) is 0 Å². The van der Waals surface area contributed by atoms with E-state index in [-0.39, 0.29) is 6.42 Å². The molecule has 0 fully saturated rings. The number of unbranched alkanes of at least 4 members (excludes halogenated alkanes) is 1. The number of halogens is 1. The van der Waals surface area contributed by atoms with Crippen LogP contribution in [0.4, 0.5) is 0 Å². The van der Waals surface area contributed by atoms with E-state index in [2.05, 4.69) is 13.8 Å². The van der Waals surface area contributed by atoms with Crippen molar-refractivity contribution in [3.05, 3.63) is 29.8 Å². The van der Waals surface area contributed by atoms with Gasteiger partial charge in [0, 0.05) is 27.6 Å². The van der Waals surface area contributed by atoms with Gasteiger partial charge in [0.25, 0.3) is 0 Å². The van der Waals surface area contributed by atoms with Crippen LogP contribution in [0.5, 0.6) is 5.75 Å². The predicted octanol–water partition coefficient (Wildman–Crippen LogP) is 4.89. The summed E-state index contributed by atoms with van der Waals surface area (Å²) in [6.45, 7) is 4.36. The zero-order valence-electron chi connectivity index (χ0n) is 10.7. The molecule has 0 spiro atoms. The summed E-state index contributed by atoms with van der Waals surface area (Å²) in [6, 6.07) is 7.46. The lowest BCUT2D eigenvalue weighted by Gasteiger charge is -2.02. The van der Waals surface area contributed by atoms with Crippen molar-refractivity contribution in [1.82, 2.24) is 0 Å². The van der Waals surface area contributed by atoms with E-state index in [1.165, 1.54) is 22.1 Å². The molecule has 1 rings (SSSR count). The summed E-state index contributed by atoms with van der Waals surface area (Å²) in [6.07, 6.45) is 3.33. The van der Waals surface area contributed by atoms with Crippen molar-refractivity contribution in [2.75, 3.05) is 0 Å². The van der Waals surface area contributed by atoms with Crippen LogP contribution in [-0.2, 0) is 11.2 Å². The van der Waals surface area contributed by atoms with Crippen LogP contribution in [0.15, 0.2) is 24.3 Å². The topological polar surface area (TPSA) is 46.5 Å². The molecule has 0 bridgehead atoms. The maximum absolute atomic E-state index is 10.3. The Hall–Kier alpha value is -0.430. The van der Waals surface area contributed by atoms with Gasteiger partial charge in [0.2, 0.25) is 0 Å². The number of aryl methyl sites for hydroxylation is 1. The molecule has 0 aliphatic rings. The Kier molecular flexibility index (Phi) is 11.4. The zero-order chi connectivity index (χ0) is 13.8. The van der Waals surface area contributed by atoms with Crippen molar-refractivity contribution in [2.45, 2.75) is 39.5 Å². The Labute approximate surface area is 125 Å². The largest absolute Gasteiger partial charge is 0.481 e. The lowest BCUT2D eigenvalue weighted by Crippen LogP contribution is -1.97. The van der Waals surface area contributed by atoms with E-state index in [9.17, 15) is 4.79 Å². The molecule has 3 nitrogen and oxygen atoms in total. The third kappa shape index (κ3) is 9.58. The first kappa shape index (κ1) is 17.6. The molecule has 0 radical (unpaired) electrons. The summed E-state index contributed by atoms with van der Waals surface area (Å²) in [4.78, 5) is 10.3. The summed E-state index contributed by atoms with van der Waals surface area (Å²) in [5.41, 5.74) is 0.982. The van der Waals surface area contributed by atoms with Gasteiger partial charge in [0.1, 0.15) is 15.0 Å². The van der Waals surface area contributed by atoms with Gasteiger partial charge in [-0.15, -0.1) is 0 Å². The van der Waals surface area contributed by atoms with Crippen LogP contribution in [-0.4, -0.2) is 11.1 Å². The molecule has 0 aromatic heterocycles. The fourth-order valence-corrected chi connectivity index (χ4v) is 1.84. The van der Waals surface area contributed by atoms with Crippen LogP contribution in [0.25, 0.3) is 0 Å². The molecule has 0 aliphatic carbocycles. The normalized spacial score (nSPS) is 9.28. The fraction of sp³-hybridized carbons (Fsp3) is 0.462. The number of carboxylic acid groups (broad SMARTS) is 1. The average Bonchev–Trinajstić information content (AvgIpc) is 2.37.